The van der Waals surface area contributed by atoms with Gasteiger partial charge in [0.2, 0.25) is 0 Å². The van der Waals surface area contributed by atoms with Crippen LogP contribution in [-0.2, 0) is 6.54 Å². The van der Waals surface area contributed by atoms with Crippen LogP contribution in [0.5, 0.6) is 11.5 Å². The van der Waals surface area contributed by atoms with Gasteiger partial charge in [0, 0.05) is 43.7 Å². The van der Waals surface area contributed by atoms with E-state index < -0.39 is 0 Å². The number of hydrogen-bond donors (Lipinski definition) is 1. The third-order valence-electron chi connectivity index (χ3n) is 8.52. The molecule has 4 aromatic carbocycles. The normalized spacial score (nSPS) is 16.4. The van der Waals surface area contributed by atoms with Crippen LogP contribution in [0.3, 0.4) is 0 Å². The second-order valence-corrected chi connectivity index (χ2v) is 11.9. The van der Waals surface area contributed by atoms with Crippen LogP contribution in [0, 0.1) is 6.92 Å². The van der Waals surface area contributed by atoms with Gasteiger partial charge in [-0.3, -0.25) is 0 Å². The Balaban J connectivity index is 1.47. The first-order chi connectivity index (χ1) is 19.8. The summed E-state index contributed by atoms with van der Waals surface area (Å²) in [6.45, 7) is 9.31. The number of para-hydroxylation sites is 2. The molecule has 1 N–H and O–H groups in total. The second kappa shape index (κ2) is 9.59. The summed E-state index contributed by atoms with van der Waals surface area (Å²) in [5.74, 6) is 1.86. The van der Waals surface area contributed by atoms with Crippen molar-refractivity contribution in [2.75, 3.05) is 7.11 Å². The first-order valence-corrected chi connectivity index (χ1v) is 14.5. The van der Waals surface area contributed by atoms with E-state index >= 15 is 0 Å². The highest BCUT2D eigenvalue weighted by Crippen LogP contribution is 2.44. The van der Waals surface area contributed by atoms with Crippen molar-refractivity contribution < 1.29 is 9.47 Å². The predicted octanol–water partition coefficient (Wildman–Crippen LogP) is 9.71. The van der Waals surface area contributed by atoms with Crippen LogP contribution < -0.4 is 9.47 Å². The largest absolute Gasteiger partial charge is 0.495 e. The van der Waals surface area contributed by atoms with E-state index in [0.29, 0.717) is 6.54 Å². The predicted molar refractivity (Wildman–Crippen MR) is 172 cm³/mol. The van der Waals surface area contributed by atoms with Gasteiger partial charge in [0.05, 0.1) is 24.7 Å². The zero-order valence-electron chi connectivity index (χ0n) is 24.5. The van der Waals surface area contributed by atoms with Crippen LogP contribution in [0.1, 0.15) is 50.3 Å². The molecule has 206 valence electrons. The highest BCUT2D eigenvalue weighted by atomic mass is 16.5. The fourth-order valence-corrected chi connectivity index (χ4v) is 6.53. The van der Waals surface area contributed by atoms with Crippen molar-refractivity contribution in [1.29, 1.82) is 0 Å². The molecule has 2 aromatic heterocycles. The molecule has 7 rings (SSSR count). The molecule has 0 saturated heterocycles. The monoisotopic (exact) mass is 540 g/mol. The number of aromatic nitrogens is 2. The molecule has 0 amide bonds. The van der Waals surface area contributed by atoms with Crippen molar-refractivity contribution in [1.82, 2.24) is 9.55 Å². The summed E-state index contributed by atoms with van der Waals surface area (Å²) in [6, 6.07) is 24.0. The van der Waals surface area contributed by atoms with Crippen LogP contribution in [-0.4, -0.2) is 22.3 Å². The lowest BCUT2D eigenvalue weighted by atomic mass is 9.92. The zero-order valence-corrected chi connectivity index (χ0v) is 24.5. The Morgan fingerprint density at radius 1 is 0.976 bits per heavy atom. The second-order valence-electron chi connectivity index (χ2n) is 11.9. The SMILES string of the molecule is COc1cc(C)cc2c3ccccc3n(Cc3cc4c([nH]c5ccccc54)c4c3O[C@](C)(CCC=C(C)C)C=C4)c12. The van der Waals surface area contributed by atoms with Gasteiger partial charge in [-0.05, 0) is 88.6 Å². The number of benzene rings is 4. The number of nitrogens with one attached hydrogen (secondary N) is 1. The summed E-state index contributed by atoms with van der Waals surface area (Å²) in [5.41, 5.74) is 9.01. The third kappa shape index (κ3) is 4.21. The van der Waals surface area contributed by atoms with E-state index in [1.807, 2.05) is 0 Å². The minimum absolute atomic E-state index is 0.386. The van der Waals surface area contributed by atoms with Crippen molar-refractivity contribution in [3.63, 3.8) is 0 Å². The maximum absolute atomic E-state index is 7.00. The summed E-state index contributed by atoms with van der Waals surface area (Å²) in [5, 5.41) is 4.90. The standard InChI is InChI=1S/C37H36N2O2/c1-23(2)11-10-17-37(4)18-16-28-34-29(26-12-6-8-14-31(26)38-34)21-25(36(28)41-37)22-39-32-15-9-7-13-27(32)30-19-24(3)20-33(40-5)35(30)39/h6-9,11-16,18-21,38H,10,17,22H2,1-5H3/t37-/m1/s1. The number of fused-ring (bicyclic) bond motifs is 8. The molecule has 4 heteroatoms. The Hall–Kier alpha value is -4.44. The molecular weight excluding hydrogens is 504 g/mol. The molecule has 1 aliphatic heterocycles. The number of methoxy groups -OCH3 is 1. The van der Waals surface area contributed by atoms with Gasteiger partial charge in [-0.2, -0.15) is 0 Å². The molecule has 1 atom stereocenters. The Labute approximate surface area is 240 Å². The molecule has 0 fully saturated rings. The number of aryl methyl sites for hydroxylation is 1. The molecule has 0 spiro atoms. The minimum Gasteiger partial charge on any atom is -0.495 e. The van der Waals surface area contributed by atoms with Crippen LogP contribution >= 0.6 is 0 Å². The van der Waals surface area contributed by atoms with Crippen LogP contribution in [0.25, 0.3) is 49.7 Å². The van der Waals surface area contributed by atoms with E-state index in [2.05, 4.69) is 122 Å². The van der Waals surface area contributed by atoms with Gasteiger partial charge in [-0.15, -0.1) is 0 Å². The molecule has 1 aliphatic rings. The molecule has 0 unspecified atom stereocenters. The van der Waals surface area contributed by atoms with Gasteiger partial charge in [-0.25, -0.2) is 0 Å². The van der Waals surface area contributed by atoms with Crippen LogP contribution in [0.15, 0.2) is 84.5 Å². The highest BCUT2D eigenvalue weighted by molar-refractivity contribution is 6.12. The van der Waals surface area contributed by atoms with Crippen molar-refractivity contribution in [2.24, 2.45) is 0 Å². The summed E-state index contributed by atoms with van der Waals surface area (Å²) in [6.07, 6.45) is 8.71. The van der Waals surface area contributed by atoms with Crippen molar-refractivity contribution in [3.8, 4) is 11.5 Å². The van der Waals surface area contributed by atoms with Gasteiger partial charge >= 0.3 is 0 Å². The van der Waals surface area contributed by atoms with E-state index in [0.717, 1.165) is 46.5 Å². The van der Waals surface area contributed by atoms with Crippen molar-refractivity contribution >= 4 is 49.7 Å². The first kappa shape index (κ1) is 25.5. The lowest BCUT2D eigenvalue weighted by Crippen LogP contribution is -2.32. The summed E-state index contributed by atoms with van der Waals surface area (Å²) in [4.78, 5) is 3.69. The van der Waals surface area contributed by atoms with E-state index in [1.165, 1.54) is 43.8 Å². The molecule has 0 radical (unpaired) electrons. The topological polar surface area (TPSA) is 39.2 Å². The third-order valence-corrected chi connectivity index (χ3v) is 8.52. The molecule has 41 heavy (non-hydrogen) atoms. The number of aromatic amines is 1. The number of nitrogens with zero attached hydrogens (tertiary/aromatic N) is 1. The molecule has 0 saturated carbocycles. The fourth-order valence-electron chi connectivity index (χ4n) is 6.53. The zero-order chi connectivity index (χ0) is 28.3. The average molecular weight is 541 g/mol. The fraction of sp³-hybridized carbons (Fsp3) is 0.243. The molecule has 3 heterocycles. The molecular formula is C37H36N2O2. The van der Waals surface area contributed by atoms with Gasteiger partial charge in [0.25, 0.3) is 0 Å². The number of hydrogen-bond acceptors (Lipinski definition) is 2. The number of rotatable bonds is 6. The minimum atomic E-state index is -0.386. The number of ether oxygens (including phenoxy) is 2. The number of allylic oxidation sites excluding steroid dienone is 2. The van der Waals surface area contributed by atoms with Gasteiger partial charge in [0.1, 0.15) is 17.1 Å². The molecule has 0 bridgehead atoms. The quantitative estimate of drug-likeness (QED) is 0.214. The average Bonchev–Trinajstić information content (AvgIpc) is 3.48. The maximum Gasteiger partial charge on any atom is 0.143 e. The lowest BCUT2D eigenvalue weighted by molar-refractivity contribution is 0.127. The lowest BCUT2D eigenvalue weighted by Gasteiger charge is -2.33. The molecule has 0 aliphatic carbocycles. The Morgan fingerprint density at radius 2 is 1.76 bits per heavy atom. The Morgan fingerprint density at radius 3 is 2.56 bits per heavy atom. The Bertz CT molecular complexity index is 2030. The van der Waals surface area contributed by atoms with Gasteiger partial charge in [-0.1, -0.05) is 48.0 Å². The highest BCUT2D eigenvalue weighted by Gasteiger charge is 2.31. The van der Waals surface area contributed by atoms with E-state index in [9.17, 15) is 0 Å². The summed E-state index contributed by atoms with van der Waals surface area (Å²) in [7, 11) is 1.77. The van der Waals surface area contributed by atoms with E-state index in [4.69, 9.17) is 9.47 Å². The van der Waals surface area contributed by atoms with Gasteiger partial charge < -0.3 is 19.0 Å². The maximum atomic E-state index is 7.00. The molecule has 6 aromatic rings. The van der Waals surface area contributed by atoms with E-state index in [1.54, 1.807) is 7.11 Å². The van der Waals surface area contributed by atoms with Gasteiger partial charge in [0.15, 0.2) is 0 Å². The molecule has 4 nitrogen and oxygen atoms in total. The summed E-state index contributed by atoms with van der Waals surface area (Å²) < 4.78 is 15.4. The van der Waals surface area contributed by atoms with Crippen LogP contribution in [0.2, 0.25) is 0 Å². The summed E-state index contributed by atoms with van der Waals surface area (Å²) >= 11 is 0. The van der Waals surface area contributed by atoms with Crippen molar-refractivity contribution in [3.05, 3.63) is 101 Å². The van der Waals surface area contributed by atoms with E-state index in [-0.39, 0.29) is 5.60 Å². The first-order valence-electron chi connectivity index (χ1n) is 14.5. The Kier molecular flexibility index (Phi) is 5.97. The smallest absolute Gasteiger partial charge is 0.143 e. The van der Waals surface area contributed by atoms with Crippen molar-refractivity contribution in [2.45, 2.75) is 52.7 Å². The number of H-pyrrole nitrogens is 1. The van der Waals surface area contributed by atoms with Crippen LogP contribution in [0.4, 0.5) is 0 Å².